The van der Waals surface area contributed by atoms with E-state index in [-0.39, 0.29) is 10.8 Å². The number of rotatable bonds is 6. The molecular formula is C17H20N2O3S. The van der Waals surface area contributed by atoms with Crippen molar-refractivity contribution in [1.82, 2.24) is 9.62 Å². The van der Waals surface area contributed by atoms with Gasteiger partial charge in [-0.2, -0.15) is 0 Å². The molecule has 0 aliphatic carbocycles. The van der Waals surface area contributed by atoms with E-state index in [1.54, 1.807) is 24.3 Å². The molecule has 0 aliphatic rings. The molecule has 0 bridgehead atoms. The molecule has 1 N–H and O–H groups in total. The third kappa shape index (κ3) is 4.64. The topological polar surface area (TPSA) is 66.5 Å². The summed E-state index contributed by atoms with van der Waals surface area (Å²) in [4.78, 5) is 12.1. The van der Waals surface area contributed by atoms with E-state index in [4.69, 9.17) is 0 Å². The first kappa shape index (κ1) is 17.2. The van der Waals surface area contributed by atoms with Crippen LogP contribution in [0.3, 0.4) is 0 Å². The second-order valence-electron chi connectivity index (χ2n) is 5.37. The van der Waals surface area contributed by atoms with Crippen LogP contribution in [0.2, 0.25) is 0 Å². The maximum atomic E-state index is 12.0. The molecule has 23 heavy (non-hydrogen) atoms. The second kappa shape index (κ2) is 7.39. The van der Waals surface area contributed by atoms with Crippen molar-refractivity contribution in [3.63, 3.8) is 0 Å². The number of amides is 1. The number of hydrogen-bond acceptors (Lipinski definition) is 3. The first-order chi connectivity index (χ1) is 10.9. The van der Waals surface area contributed by atoms with Crippen LogP contribution in [0.25, 0.3) is 0 Å². The molecule has 0 fully saturated rings. The number of hydrogen-bond donors (Lipinski definition) is 1. The van der Waals surface area contributed by atoms with Gasteiger partial charge in [0.1, 0.15) is 0 Å². The minimum Gasteiger partial charge on any atom is -0.352 e. The highest BCUT2D eigenvalue weighted by Gasteiger charge is 2.16. The molecule has 1 amide bonds. The molecule has 6 heteroatoms. The van der Waals surface area contributed by atoms with Crippen molar-refractivity contribution in [2.45, 2.75) is 17.9 Å². The molecular weight excluding hydrogens is 312 g/mol. The van der Waals surface area contributed by atoms with Crippen molar-refractivity contribution < 1.29 is 13.2 Å². The zero-order chi connectivity index (χ0) is 16.9. The van der Waals surface area contributed by atoms with Crippen molar-refractivity contribution in [3.8, 4) is 0 Å². The number of carbonyl (C=O) groups excluding carboxylic acids is 1. The summed E-state index contributed by atoms with van der Waals surface area (Å²) in [6.07, 6.45) is 0.327. The van der Waals surface area contributed by atoms with E-state index in [0.29, 0.717) is 13.0 Å². The molecule has 2 aromatic carbocycles. The van der Waals surface area contributed by atoms with Gasteiger partial charge in [-0.3, -0.25) is 4.79 Å². The molecule has 0 aromatic heterocycles. The Hall–Kier alpha value is -2.18. The first-order valence-electron chi connectivity index (χ1n) is 7.21. The van der Waals surface area contributed by atoms with Gasteiger partial charge >= 0.3 is 0 Å². The molecule has 0 spiro atoms. The number of sulfonamides is 1. The van der Waals surface area contributed by atoms with Crippen LogP contribution >= 0.6 is 0 Å². The molecule has 0 atom stereocenters. The Labute approximate surface area is 137 Å². The first-order valence-corrected chi connectivity index (χ1v) is 8.65. The fourth-order valence-corrected chi connectivity index (χ4v) is 2.94. The van der Waals surface area contributed by atoms with E-state index in [1.165, 1.54) is 18.4 Å². The summed E-state index contributed by atoms with van der Waals surface area (Å²) in [7, 11) is -0.433. The van der Waals surface area contributed by atoms with E-state index >= 15 is 0 Å². The lowest BCUT2D eigenvalue weighted by Gasteiger charge is -2.12. The van der Waals surface area contributed by atoms with Gasteiger partial charge in [0.15, 0.2) is 0 Å². The monoisotopic (exact) mass is 332 g/mol. The Morgan fingerprint density at radius 1 is 0.957 bits per heavy atom. The lowest BCUT2D eigenvalue weighted by Crippen LogP contribution is -2.25. The second-order valence-corrected chi connectivity index (χ2v) is 7.52. The van der Waals surface area contributed by atoms with Crippen molar-refractivity contribution in [1.29, 1.82) is 0 Å². The van der Waals surface area contributed by atoms with Crippen molar-refractivity contribution in [2.75, 3.05) is 14.1 Å². The fraction of sp³-hybridized carbons (Fsp3) is 0.235. The Morgan fingerprint density at radius 2 is 1.57 bits per heavy atom. The average molecular weight is 332 g/mol. The molecule has 0 saturated carbocycles. The van der Waals surface area contributed by atoms with Gasteiger partial charge < -0.3 is 5.32 Å². The van der Waals surface area contributed by atoms with E-state index in [2.05, 4.69) is 5.32 Å². The number of carbonyl (C=O) groups is 1. The number of nitrogens with zero attached hydrogens (tertiary/aromatic N) is 1. The van der Waals surface area contributed by atoms with Crippen molar-refractivity contribution >= 4 is 15.9 Å². The van der Waals surface area contributed by atoms with Crippen molar-refractivity contribution in [3.05, 3.63) is 65.7 Å². The normalized spacial score (nSPS) is 11.4. The molecule has 0 aliphatic heterocycles. The summed E-state index contributed by atoms with van der Waals surface area (Å²) in [5.74, 6) is -0.0683. The molecule has 0 unspecified atom stereocenters. The van der Waals surface area contributed by atoms with Crippen LogP contribution in [-0.4, -0.2) is 32.7 Å². The SMILES string of the molecule is CN(C)S(=O)(=O)c1ccc(CNC(=O)Cc2ccccc2)cc1. The van der Waals surface area contributed by atoms with Gasteiger partial charge in [0.25, 0.3) is 0 Å². The standard InChI is InChI=1S/C17H20N2O3S/c1-19(2)23(21,22)16-10-8-15(9-11-16)13-18-17(20)12-14-6-4-3-5-7-14/h3-11H,12-13H2,1-2H3,(H,18,20). The summed E-state index contributed by atoms with van der Waals surface area (Å²) >= 11 is 0. The lowest BCUT2D eigenvalue weighted by atomic mass is 10.1. The zero-order valence-electron chi connectivity index (χ0n) is 13.2. The van der Waals surface area contributed by atoms with Gasteiger partial charge in [-0.25, -0.2) is 12.7 Å². The summed E-state index contributed by atoms with van der Waals surface area (Å²) in [6.45, 7) is 0.369. The molecule has 122 valence electrons. The van der Waals surface area contributed by atoms with Crippen molar-refractivity contribution in [2.24, 2.45) is 0 Å². The minimum absolute atomic E-state index is 0.0683. The largest absolute Gasteiger partial charge is 0.352 e. The summed E-state index contributed by atoms with van der Waals surface area (Å²) in [5, 5.41) is 2.83. The van der Waals surface area contributed by atoms with Gasteiger partial charge in [-0.15, -0.1) is 0 Å². The van der Waals surface area contributed by atoms with E-state index < -0.39 is 10.0 Å². The summed E-state index contributed by atoms with van der Waals surface area (Å²) in [6, 6.07) is 16.0. The Morgan fingerprint density at radius 3 is 2.13 bits per heavy atom. The number of nitrogens with one attached hydrogen (secondary N) is 1. The van der Waals surface area contributed by atoms with Gasteiger partial charge in [-0.05, 0) is 23.3 Å². The fourth-order valence-electron chi connectivity index (χ4n) is 2.03. The quantitative estimate of drug-likeness (QED) is 0.877. The highest BCUT2D eigenvalue weighted by atomic mass is 32.2. The van der Waals surface area contributed by atoms with Gasteiger partial charge in [-0.1, -0.05) is 42.5 Å². The molecule has 2 aromatic rings. The van der Waals surface area contributed by atoms with Crippen LogP contribution in [0.4, 0.5) is 0 Å². The van der Waals surface area contributed by atoms with Crippen LogP contribution in [0.1, 0.15) is 11.1 Å². The van der Waals surface area contributed by atoms with Crippen LogP contribution in [-0.2, 0) is 27.8 Å². The van der Waals surface area contributed by atoms with Gasteiger partial charge in [0.2, 0.25) is 15.9 Å². The Bertz CT molecular complexity index is 754. The molecule has 0 saturated heterocycles. The summed E-state index contributed by atoms with van der Waals surface area (Å²) in [5.41, 5.74) is 1.81. The van der Waals surface area contributed by atoms with E-state index in [9.17, 15) is 13.2 Å². The van der Waals surface area contributed by atoms with Crippen LogP contribution in [0.15, 0.2) is 59.5 Å². The lowest BCUT2D eigenvalue weighted by molar-refractivity contribution is -0.120. The third-order valence-electron chi connectivity index (χ3n) is 3.40. The highest BCUT2D eigenvalue weighted by Crippen LogP contribution is 2.13. The maximum Gasteiger partial charge on any atom is 0.242 e. The maximum absolute atomic E-state index is 12.0. The van der Waals surface area contributed by atoms with Gasteiger partial charge in [0, 0.05) is 20.6 Å². The average Bonchev–Trinajstić information content (AvgIpc) is 2.54. The van der Waals surface area contributed by atoms with Crippen LogP contribution in [0, 0.1) is 0 Å². The molecule has 0 heterocycles. The van der Waals surface area contributed by atoms with E-state index in [0.717, 1.165) is 11.1 Å². The minimum atomic E-state index is -3.42. The number of benzene rings is 2. The molecule has 0 radical (unpaired) electrons. The third-order valence-corrected chi connectivity index (χ3v) is 5.23. The van der Waals surface area contributed by atoms with Crippen LogP contribution < -0.4 is 5.32 Å². The Kier molecular flexibility index (Phi) is 5.52. The molecule has 5 nitrogen and oxygen atoms in total. The smallest absolute Gasteiger partial charge is 0.242 e. The predicted octanol–water partition coefficient (Wildman–Crippen LogP) is 1.80. The zero-order valence-corrected chi connectivity index (χ0v) is 14.0. The van der Waals surface area contributed by atoms with Crippen LogP contribution in [0.5, 0.6) is 0 Å². The Balaban J connectivity index is 1.93. The molecule has 2 rings (SSSR count). The predicted molar refractivity (Wildman–Crippen MR) is 89.3 cm³/mol. The van der Waals surface area contributed by atoms with Gasteiger partial charge in [0.05, 0.1) is 11.3 Å². The van der Waals surface area contributed by atoms with E-state index in [1.807, 2.05) is 30.3 Å². The highest BCUT2D eigenvalue weighted by molar-refractivity contribution is 7.89. The summed E-state index contributed by atoms with van der Waals surface area (Å²) < 4.78 is 25.1.